The first kappa shape index (κ1) is 29.4. The number of carbonyl (C=O) groups excluding carboxylic acids is 1. The van der Waals surface area contributed by atoms with Crippen molar-refractivity contribution in [2.45, 2.75) is 0 Å². The summed E-state index contributed by atoms with van der Waals surface area (Å²) in [5.74, 6) is 0.220. The van der Waals surface area contributed by atoms with Crippen molar-refractivity contribution in [3.63, 3.8) is 0 Å². The number of Topliss-reactive ketones (excluding diaryl/α,β-unsaturated/α-hetero) is 1. The molecule has 0 radical (unpaired) electrons. The molecule has 0 unspecified atom stereocenters. The van der Waals surface area contributed by atoms with E-state index < -0.39 is 6.15 Å². The number of hydrogen-bond donors (Lipinski definition) is 0. The number of hydrogen-bond acceptors (Lipinski definition) is 1. The van der Waals surface area contributed by atoms with Gasteiger partial charge >= 0.3 is 0 Å². The molecule has 0 aliphatic carbocycles. The first-order valence-electron chi connectivity index (χ1n) is 13.5. The Kier molecular flexibility index (Phi) is 10.4. The van der Waals surface area contributed by atoms with Gasteiger partial charge in [-0.25, -0.2) is 0 Å². The van der Waals surface area contributed by atoms with Gasteiger partial charge in [-0.05, 0) is 12.5 Å². The number of carbonyl (C=O) groups is 1. The fraction of sp³-hybridized carbons (Fsp3) is 0.111. The summed E-state index contributed by atoms with van der Waals surface area (Å²) in [7, 11) is 0.131. The van der Waals surface area contributed by atoms with Crippen LogP contribution >= 0.6 is 10.5 Å². The predicted octanol–water partition coefficient (Wildman–Crippen LogP) is 5.47. The summed E-state index contributed by atoms with van der Waals surface area (Å²) < 4.78 is 1.07. The van der Waals surface area contributed by atoms with Gasteiger partial charge in [0.1, 0.15) is 18.7 Å². The third-order valence-electron chi connectivity index (χ3n) is 7.16. The summed E-state index contributed by atoms with van der Waals surface area (Å²) >= 11 is 0. The van der Waals surface area contributed by atoms with Crippen molar-refractivity contribution in [3.8, 4) is 0 Å². The van der Waals surface area contributed by atoms with Gasteiger partial charge in [0, 0.05) is 16.5 Å². The van der Waals surface area contributed by atoms with E-state index in [-0.39, 0.29) is 27.2 Å². The lowest BCUT2D eigenvalue weighted by atomic mass is 9.13. The molecule has 5 rings (SSSR count). The van der Waals surface area contributed by atoms with E-state index in [1.54, 1.807) is 0 Å². The van der Waals surface area contributed by atoms with Crippen LogP contribution in [0, 0.1) is 0 Å². The van der Waals surface area contributed by atoms with E-state index in [0.717, 1.165) is 9.76 Å². The lowest BCUT2D eigenvalue weighted by Crippen LogP contribution is -2.74. The Bertz CT molecular complexity index is 1350. The molecule has 4 heteroatoms. The van der Waals surface area contributed by atoms with Crippen LogP contribution in [0.3, 0.4) is 0 Å². The molecule has 0 aliphatic heterocycles. The predicted molar refractivity (Wildman–Crippen MR) is 184 cm³/mol. The van der Waals surface area contributed by atoms with E-state index in [4.69, 9.17) is 0 Å². The minimum atomic E-state index is -1.22. The SMILES string of the molecule is CS(C)=C(C(=O)c1ccccc1)[S+](C)C.c1ccc([B-](c2ccccc2)(c2ccccc2)c2ccccc2)cc1. The standard InChI is InChI=1S/C24H20B.C12H17OS2/c1-5-13-21(14-6-1)25(22-15-7-2-8-16-22,23-17-9-3-10-18-23)24-19-11-4-12-20-24;1-14(2)12(15(3)4)11(13)10-8-6-5-7-9-10/h1-20H;5-9H,1-4H3/q-1;+1. The summed E-state index contributed by atoms with van der Waals surface area (Å²) in [4.78, 5) is 12.2. The normalized spacial score (nSPS) is 11.1. The van der Waals surface area contributed by atoms with Gasteiger partial charge < -0.3 is 0 Å². The Balaban J connectivity index is 0.000000212. The molecule has 5 aromatic rings. The molecule has 0 aromatic heterocycles. The molecule has 0 saturated carbocycles. The van der Waals surface area contributed by atoms with Crippen molar-refractivity contribution >= 4 is 59.4 Å². The molecular weight excluding hydrogens is 523 g/mol. The maximum atomic E-state index is 12.2. The fourth-order valence-corrected chi connectivity index (χ4v) is 9.18. The van der Waals surface area contributed by atoms with Crippen LogP contribution in [0.4, 0.5) is 0 Å². The zero-order valence-corrected chi connectivity index (χ0v) is 25.4. The first-order valence-corrected chi connectivity index (χ1v) is 17.5. The molecule has 5 aromatic carbocycles. The minimum absolute atomic E-state index is 0.0654. The Labute approximate surface area is 245 Å². The maximum Gasteiger partial charge on any atom is 0.246 e. The van der Waals surface area contributed by atoms with Crippen molar-refractivity contribution in [3.05, 3.63) is 157 Å². The van der Waals surface area contributed by atoms with E-state index in [0.29, 0.717) is 0 Å². The van der Waals surface area contributed by atoms with Crippen LogP contribution in [-0.2, 0) is 10.9 Å². The molecule has 0 aliphatic rings. The summed E-state index contributed by atoms with van der Waals surface area (Å²) in [5, 5.41) is 0. The average molecular weight is 561 g/mol. The van der Waals surface area contributed by atoms with Gasteiger partial charge in [0.25, 0.3) is 0 Å². The van der Waals surface area contributed by atoms with Gasteiger partial charge in [0.05, 0.1) is 0 Å². The fourth-order valence-electron chi connectivity index (χ4n) is 5.53. The highest BCUT2D eigenvalue weighted by Crippen LogP contribution is 2.14. The van der Waals surface area contributed by atoms with E-state index in [9.17, 15) is 4.79 Å². The molecule has 40 heavy (non-hydrogen) atoms. The van der Waals surface area contributed by atoms with Crippen LogP contribution < -0.4 is 21.9 Å². The molecule has 0 fully saturated rings. The highest BCUT2D eigenvalue weighted by atomic mass is 32.2. The van der Waals surface area contributed by atoms with Crippen molar-refractivity contribution in [1.29, 1.82) is 0 Å². The number of ketones is 1. The minimum Gasteiger partial charge on any atom is -0.283 e. The largest absolute Gasteiger partial charge is 0.283 e. The Morgan fingerprint density at radius 3 is 1.02 bits per heavy atom. The molecule has 1 nitrogen and oxygen atoms in total. The monoisotopic (exact) mass is 560 g/mol. The second-order valence-electron chi connectivity index (χ2n) is 10.1. The van der Waals surface area contributed by atoms with Gasteiger partial charge in [-0.2, -0.15) is 21.9 Å². The molecule has 0 bridgehead atoms. The third kappa shape index (κ3) is 6.58. The van der Waals surface area contributed by atoms with E-state index in [1.165, 1.54) is 21.9 Å². The Hall–Kier alpha value is -3.60. The smallest absolute Gasteiger partial charge is 0.246 e. The van der Waals surface area contributed by atoms with Crippen LogP contribution in [0.15, 0.2) is 152 Å². The number of benzene rings is 5. The van der Waals surface area contributed by atoms with Crippen LogP contribution in [0.1, 0.15) is 10.4 Å². The lowest BCUT2D eigenvalue weighted by molar-refractivity contribution is 0.107. The summed E-state index contributed by atoms with van der Waals surface area (Å²) in [5.41, 5.74) is 6.17. The highest BCUT2D eigenvalue weighted by molar-refractivity contribution is 8.33. The molecule has 0 atom stereocenters. The van der Waals surface area contributed by atoms with Crippen molar-refractivity contribution < 1.29 is 4.79 Å². The van der Waals surface area contributed by atoms with Gasteiger partial charge in [-0.3, -0.25) is 4.79 Å². The van der Waals surface area contributed by atoms with E-state index in [2.05, 4.69) is 146 Å². The average Bonchev–Trinajstić information content (AvgIpc) is 3.00. The van der Waals surface area contributed by atoms with Crippen LogP contribution in [0.5, 0.6) is 0 Å². The van der Waals surface area contributed by atoms with Crippen molar-refractivity contribution in [2.24, 2.45) is 0 Å². The molecular formula is C36H37BOS2. The van der Waals surface area contributed by atoms with E-state index >= 15 is 0 Å². The zero-order chi connectivity index (χ0) is 28.4. The second kappa shape index (κ2) is 14.2. The summed E-state index contributed by atoms with van der Waals surface area (Å²) in [6.07, 6.45) is 7.24. The van der Waals surface area contributed by atoms with Crippen molar-refractivity contribution in [1.82, 2.24) is 0 Å². The quantitative estimate of drug-likeness (QED) is 0.117. The molecule has 0 spiro atoms. The van der Waals surface area contributed by atoms with Gasteiger partial charge in [-0.15, -0.1) is 10.5 Å². The molecule has 0 heterocycles. The topological polar surface area (TPSA) is 17.1 Å². The first-order chi connectivity index (χ1) is 19.5. The molecule has 0 N–H and O–H groups in total. The summed E-state index contributed by atoms with van der Waals surface area (Å²) in [6, 6.07) is 53.1. The number of rotatable bonds is 6. The second-order valence-corrected chi connectivity index (χ2v) is 14.5. The van der Waals surface area contributed by atoms with Crippen LogP contribution in [0.25, 0.3) is 0 Å². The zero-order valence-electron chi connectivity index (χ0n) is 23.7. The Morgan fingerprint density at radius 2 is 0.775 bits per heavy atom. The van der Waals surface area contributed by atoms with Crippen molar-refractivity contribution in [2.75, 3.05) is 25.0 Å². The lowest BCUT2D eigenvalue weighted by Gasteiger charge is -2.44. The summed E-state index contributed by atoms with van der Waals surface area (Å²) in [6.45, 7) is 0. The van der Waals surface area contributed by atoms with Crippen LogP contribution in [0.2, 0.25) is 0 Å². The molecule has 202 valence electrons. The van der Waals surface area contributed by atoms with Gasteiger partial charge in [0.2, 0.25) is 9.98 Å². The molecule has 0 saturated heterocycles. The van der Waals surface area contributed by atoms with Gasteiger partial charge in [0.15, 0.2) is 0 Å². The van der Waals surface area contributed by atoms with Gasteiger partial charge in [-0.1, -0.05) is 152 Å². The Morgan fingerprint density at radius 1 is 0.500 bits per heavy atom. The highest BCUT2D eigenvalue weighted by Gasteiger charge is 2.31. The van der Waals surface area contributed by atoms with E-state index in [1.807, 2.05) is 30.3 Å². The third-order valence-corrected chi connectivity index (χ3v) is 11.0. The maximum absolute atomic E-state index is 12.2. The van der Waals surface area contributed by atoms with Crippen LogP contribution in [-0.4, -0.2) is 41.1 Å². The molecule has 0 amide bonds.